The van der Waals surface area contributed by atoms with Crippen molar-refractivity contribution in [2.45, 2.75) is 18.8 Å². The van der Waals surface area contributed by atoms with Crippen LogP contribution in [0.25, 0.3) is 0 Å². The molecule has 11 heteroatoms. The minimum atomic E-state index is -5.47. The second-order valence-electron chi connectivity index (χ2n) is 5.15. The van der Waals surface area contributed by atoms with Gasteiger partial charge in [0.15, 0.2) is 5.76 Å². The summed E-state index contributed by atoms with van der Waals surface area (Å²) >= 11 is 0. The Balaban J connectivity index is 2.53. The van der Waals surface area contributed by atoms with E-state index < -0.39 is 53.4 Å². The van der Waals surface area contributed by atoms with Crippen LogP contribution in [0.2, 0.25) is 0 Å². The Hall–Kier alpha value is -3.11. The third kappa shape index (κ3) is 4.18. The van der Waals surface area contributed by atoms with E-state index >= 15 is 0 Å². The largest absolute Gasteiger partial charge is 0.463 e. The Labute approximate surface area is 149 Å². The summed E-state index contributed by atoms with van der Waals surface area (Å²) in [6.07, 6.45) is -4.44. The Morgan fingerprint density at radius 1 is 1.19 bits per heavy atom. The molecule has 1 unspecified atom stereocenters. The second-order valence-corrected chi connectivity index (χ2v) is 5.15. The molecule has 27 heavy (non-hydrogen) atoms. The van der Waals surface area contributed by atoms with Crippen LogP contribution in [0.4, 0.5) is 27.6 Å². The van der Waals surface area contributed by atoms with Crippen molar-refractivity contribution in [1.29, 1.82) is 0 Å². The summed E-state index contributed by atoms with van der Waals surface area (Å²) in [4.78, 5) is 24.3. The van der Waals surface area contributed by atoms with Gasteiger partial charge in [-0.3, -0.25) is 4.79 Å². The lowest BCUT2D eigenvalue weighted by Crippen LogP contribution is -2.69. The highest BCUT2D eigenvalue weighted by molar-refractivity contribution is 5.97. The number of esters is 1. The fourth-order valence-electron chi connectivity index (χ4n) is 2.06. The number of hydrogen-bond acceptors (Lipinski definition) is 5. The van der Waals surface area contributed by atoms with Gasteiger partial charge in [-0.1, -0.05) is 0 Å². The van der Waals surface area contributed by atoms with Gasteiger partial charge in [0.2, 0.25) is 0 Å². The summed E-state index contributed by atoms with van der Waals surface area (Å²) in [5.74, 6) is -6.36. The van der Waals surface area contributed by atoms with Gasteiger partial charge >= 0.3 is 17.8 Å². The fraction of sp³-hybridized carbons (Fsp3) is 0.250. The van der Waals surface area contributed by atoms with E-state index in [1.807, 2.05) is 0 Å². The number of carbonyl (C=O) groups is 2. The van der Waals surface area contributed by atoms with Crippen LogP contribution >= 0.6 is 0 Å². The van der Waals surface area contributed by atoms with Crippen LogP contribution in [-0.2, 0) is 9.53 Å². The Morgan fingerprint density at radius 2 is 1.89 bits per heavy atom. The monoisotopic (exact) mass is 392 g/mol. The lowest BCUT2D eigenvalue weighted by Gasteiger charge is -2.35. The maximum atomic E-state index is 13.9. The van der Waals surface area contributed by atoms with E-state index in [9.17, 15) is 31.5 Å². The molecule has 0 saturated heterocycles. The number of furan rings is 1. The standard InChI is InChI=1S/C16H13F5N2O4/c1-2-26-14(25)15(16(19,20)21,23-13(24)12-4-3-7-27-12)22-11-6-5-9(17)8-10(11)18/h3-8,22H,2H2,1H3,(H,23,24). The molecular weight excluding hydrogens is 379 g/mol. The summed E-state index contributed by atoms with van der Waals surface area (Å²) in [7, 11) is 0. The van der Waals surface area contributed by atoms with E-state index in [-0.39, 0.29) is 0 Å². The van der Waals surface area contributed by atoms with Crippen LogP contribution in [0.5, 0.6) is 0 Å². The first-order valence-electron chi connectivity index (χ1n) is 7.44. The SMILES string of the molecule is CCOC(=O)C(NC(=O)c1ccco1)(Nc1ccc(F)cc1F)C(F)(F)F. The van der Waals surface area contributed by atoms with Gasteiger partial charge in [0.25, 0.3) is 5.91 Å². The number of hydrogen-bond donors (Lipinski definition) is 2. The van der Waals surface area contributed by atoms with Gasteiger partial charge in [-0.25, -0.2) is 13.6 Å². The number of amides is 1. The molecule has 2 rings (SSSR count). The highest BCUT2D eigenvalue weighted by atomic mass is 19.4. The zero-order valence-corrected chi connectivity index (χ0v) is 13.7. The van der Waals surface area contributed by atoms with Crippen LogP contribution in [0.1, 0.15) is 17.5 Å². The summed E-state index contributed by atoms with van der Waals surface area (Å²) in [6.45, 7) is 0.784. The molecule has 146 valence electrons. The summed E-state index contributed by atoms with van der Waals surface area (Å²) < 4.78 is 77.6. The van der Waals surface area contributed by atoms with Crippen molar-refractivity contribution in [2.24, 2.45) is 0 Å². The van der Waals surface area contributed by atoms with E-state index in [4.69, 9.17) is 4.42 Å². The van der Waals surface area contributed by atoms with Gasteiger partial charge in [-0.05, 0) is 31.2 Å². The molecule has 2 N–H and O–H groups in total. The molecule has 0 aliphatic heterocycles. The number of carbonyl (C=O) groups excluding carboxylic acids is 2. The Kier molecular flexibility index (Phi) is 5.72. The van der Waals surface area contributed by atoms with Gasteiger partial charge in [-0.2, -0.15) is 13.2 Å². The van der Waals surface area contributed by atoms with Crippen LogP contribution in [0.3, 0.4) is 0 Å². The zero-order valence-electron chi connectivity index (χ0n) is 13.7. The molecule has 0 aliphatic carbocycles. The van der Waals surface area contributed by atoms with E-state index in [1.165, 1.54) is 18.3 Å². The predicted octanol–water partition coefficient (Wildman–Crippen LogP) is 3.22. The first kappa shape index (κ1) is 20.2. The third-order valence-electron chi connectivity index (χ3n) is 3.31. The maximum absolute atomic E-state index is 13.9. The number of ether oxygens (including phenoxy) is 1. The van der Waals surface area contributed by atoms with Crippen LogP contribution in [-0.4, -0.2) is 30.3 Å². The van der Waals surface area contributed by atoms with Crippen molar-refractivity contribution < 1.29 is 40.7 Å². The molecule has 0 fully saturated rings. The average molecular weight is 392 g/mol. The van der Waals surface area contributed by atoms with Crippen molar-refractivity contribution in [3.05, 3.63) is 54.0 Å². The molecule has 0 bridgehead atoms. The van der Waals surface area contributed by atoms with Crippen molar-refractivity contribution in [3.63, 3.8) is 0 Å². The fourth-order valence-corrected chi connectivity index (χ4v) is 2.06. The Bertz CT molecular complexity index is 823. The average Bonchev–Trinajstić information content (AvgIpc) is 3.10. The van der Waals surface area contributed by atoms with Crippen molar-refractivity contribution in [2.75, 3.05) is 11.9 Å². The zero-order chi connectivity index (χ0) is 20.2. The molecule has 1 amide bonds. The number of benzene rings is 1. The summed E-state index contributed by atoms with van der Waals surface area (Å²) in [6, 6.07) is 3.92. The number of alkyl halides is 3. The molecule has 0 radical (unpaired) electrons. The number of anilines is 1. The lowest BCUT2D eigenvalue weighted by atomic mass is 10.1. The van der Waals surface area contributed by atoms with E-state index in [0.717, 1.165) is 12.3 Å². The maximum Gasteiger partial charge on any atom is 0.441 e. The normalized spacial score (nSPS) is 13.6. The first-order chi connectivity index (χ1) is 12.6. The molecular formula is C16H13F5N2O4. The van der Waals surface area contributed by atoms with Crippen molar-refractivity contribution in [1.82, 2.24) is 5.32 Å². The number of rotatable bonds is 6. The highest BCUT2D eigenvalue weighted by Gasteiger charge is 2.64. The van der Waals surface area contributed by atoms with Gasteiger partial charge in [0.05, 0.1) is 18.6 Å². The highest BCUT2D eigenvalue weighted by Crippen LogP contribution is 2.34. The smallest absolute Gasteiger partial charge is 0.441 e. The van der Waals surface area contributed by atoms with Crippen LogP contribution in [0, 0.1) is 11.6 Å². The Morgan fingerprint density at radius 3 is 2.41 bits per heavy atom. The van der Waals surface area contributed by atoms with Crippen molar-refractivity contribution in [3.8, 4) is 0 Å². The van der Waals surface area contributed by atoms with Crippen LogP contribution in [0.15, 0.2) is 41.0 Å². The van der Waals surface area contributed by atoms with E-state index in [2.05, 4.69) is 4.74 Å². The van der Waals surface area contributed by atoms with Crippen molar-refractivity contribution >= 4 is 17.6 Å². The van der Waals surface area contributed by atoms with E-state index in [0.29, 0.717) is 18.2 Å². The van der Waals surface area contributed by atoms with Gasteiger partial charge < -0.3 is 19.8 Å². The third-order valence-corrected chi connectivity index (χ3v) is 3.31. The number of halogens is 5. The van der Waals surface area contributed by atoms with Gasteiger partial charge in [0.1, 0.15) is 11.6 Å². The number of nitrogens with one attached hydrogen (secondary N) is 2. The topological polar surface area (TPSA) is 80.6 Å². The first-order valence-corrected chi connectivity index (χ1v) is 7.44. The molecule has 1 heterocycles. The molecule has 0 aliphatic rings. The summed E-state index contributed by atoms with van der Waals surface area (Å²) in [5, 5.41) is 3.03. The van der Waals surface area contributed by atoms with Gasteiger partial charge in [-0.15, -0.1) is 0 Å². The summed E-state index contributed by atoms with van der Waals surface area (Å²) in [5.41, 5.74) is -4.74. The molecule has 0 spiro atoms. The molecule has 2 aromatic rings. The van der Waals surface area contributed by atoms with E-state index in [1.54, 1.807) is 5.32 Å². The predicted molar refractivity (Wildman–Crippen MR) is 81.6 cm³/mol. The van der Waals surface area contributed by atoms with Gasteiger partial charge in [0, 0.05) is 6.07 Å². The molecule has 1 aromatic carbocycles. The quantitative estimate of drug-likeness (QED) is 0.448. The minimum Gasteiger partial charge on any atom is -0.463 e. The second kappa shape index (κ2) is 7.64. The lowest BCUT2D eigenvalue weighted by molar-refractivity contribution is -0.204. The minimum absolute atomic E-state index is 0.309. The molecule has 6 nitrogen and oxygen atoms in total. The molecule has 0 saturated carbocycles. The molecule has 1 aromatic heterocycles. The van der Waals surface area contributed by atoms with Crippen LogP contribution < -0.4 is 10.6 Å². The molecule has 1 atom stereocenters.